The fourth-order valence-electron chi connectivity index (χ4n) is 4.50. The number of nitrogens with two attached hydrogens (primary N) is 1. The minimum atomic E-state index is -2.01. The first-order chi connectivity index (χ1) is 19.7. The van der Waals surface area contributed by atoms with Crippen molar-refractivity contribution in [1.82, 2.24) is 16.1 Å². The predicted octanol–water partition coefficient (Wildman–Crippen LogP) is 2.65. The van der Waals surface area contributed by atoms with Crippen LogP contribution in [0.4, 0.5) is 8.78 Å². The van der Waals surface area contributed by atoms with Crippen molar-refractivity contribution in [3.05, 3.63) is 29.3 Å². The van der Waals surface area contributed by atoms with Gasteiger partial charge in [0.15, 0.2) is 0 Å². The van der Waals surface area contributed by atoms with E-state index in [2.05, 4.69) is 16.1 Å². The Kier molecular flexibility index (Phi) is 19.6. The first-order valence-electron chi connectivity index (χ1n) is 14.8. The van der Waals surface area contributed by atoms with Gasteiger partial charge in [0, 0.05) is 19.5 Å². The van der Waals surface area contributed by atoms with Gasteiger partial charge in [-0.3, -0.25) is 20.2 Å². The Morgan fingerprint density at radius 1 is 0.756 bits per heavy atom. The summed E-state index contributed by atoms with van der Waals surface area (Å²) in [4.78, 5) is 34.8. The number of hydrogen-bond acceptors (Lipinski definition) is 7. The Balaban J connectivity index is 1.91. The molecule has 0 aromatic heterocycles. The molecule has 0 aliphatic carbocycles. The van der Waals surface area contributed by atoms with Gasteiger partial charge in [-0.2, -0.15) is 0 Å². The molecule has 13 heteroatoms. The number of halogens is 2. The van der Waals surface area contributed by atoms with Crippen molar-refractivity contribution in [2.24, 2.45) is 5.84 Å². The van der Waals surface area contributed by atoms with E-state index in [-0.39, 0.29) is 11.4 Å². The van der Waals surface area contributed by atoms with Gasteiger partial charge < -0.3 is 25.8 Å². The molecule has 0 bridgehead atoms. The molecule has 1 aromatic rings. The number of carbonyl (C=O) groups excluding carboxylic acids is 2. The lowest BCUT2D eigenvalue weighted by atomic mass is 9.79. The van der Waals surface area contributed by atoms with Gasteiger partial charge in [-0.05, 0) is 49.7 Å². The van der Waals surface area contributed by atoms with Gasteiger partial charge in [-0.1, -0.05) is 64.2 Å². The molecule has 0 saturated carbocycles. The van der Waals surface area contributed by atoms with E-state index >= 15 is 0 Å². The highest BCUT2D eigenvalue weighted by Crippen LogP contribution is 2.14. The maximum atomic E-state index is 14.0. The Hall–Kier alpha value is -2.61. The van der Waals surface area contributed by atoms with Crippen molar-refractivity contribution in [1.29, 1.82) is 0 Å². The zero-order valence-electron chi connectivity index (χ0n) is 23.9. The highest BCUT2D eigenvalue weighted by Gasteiger charge is 2.22. The van der Waals surface area contributed by atoms with E-state index < -0.39 is 42.2 Å². The third-order valence-electron chi connectivity index (χ3n) is 6.95. The zero-order valence-corrected chi connectivity index (χ0v) is 23.9. The fourth-order valence-corrected chi connectivity index (χ4v) is 4.50. The number of rotatable bonds is 24. The number of amides is 2. The SMILES string of the molecule is NNC(CCCCNC(=O)CCCCCCCCCCCCCCNC(=O)c1c(F)cc(B(O)O)cc1F)C(=O)O. The van der Waals surface area contributed by atoms with Crippen LogP contribution in [0.3, 0.4) is 0 Å². The second-order valence-electron chi connectivity index (χ2n) is 10.4. The van der Waals surface area contributed by atoms with E-state index in [0.29, 0.717) is 38.8 Å². The van der Waals surface area contributed by atoms with Gasteiger partial charge in [0.25, 0.3) is 5.91 Å². The summed E-state index contributed by atoms with van der Waals surface area (Å²) in [7, 11) is -2.01. The van der Waals surface area contributed by atoms with Crippen molar-refractivity contribution in [3.63, 3.8) is 0 Å². The molecule has 10 nitrogen and oxygen atoms in total. The molecule has 1 unspecified atom stereocenters. The number of carbonyl (C=O) groups is 3. The molecular weight excluding hydrogens is 537 g/mol. The van der Waals surface area contributed by atoms with Crippen LogP contribution in [-0.4, -0.2) is 59.2 Å². The van der Waals surface area contributed by atoms with Gasteiger partial charge in [0.2, 0.25) is 5.91 Å². The number of carboxylic acid groups (broad SMARTS) is 1. The maximum absolute atomic E-state index is 14.0. The molecule has 0 aliphatic rings. The van der Waals surface area contributed by atoms with E-state index in [9.17, 15) is 23.2 Å². The summed E-state index contributed by atoms with van der Waals surface area (Å²) in [6.45, 7) is 0.856. The van der Waals surface area contributed by atoms with E-state index in [1.165, 1.54) is 19.3 Å². The molecule has 1 rings (SSSR count). The topological polar surface area (TPSA) is 174 Å². The van der Waals surface area contributed by atoms with Crippen molar-refractivity contribution < 1.29 is 38.3 Å². The second kappa shape index (κ2) is 22.1. The van der Waals surface area contributed by atoms with Crippen LogP contribution in [0.5, 0.6) is 0 Å². The Morgan fingerprint density at radius 3 is 1.71 bits per heavy atom. The van der Waals surface area contributed by atoms with Gasteiger partial charge in [0.1, 0.15) is 23.2 Å². The summed E-state index contributed by atoms with van der Waals surface area (Å²) < 4.78 is 28.0. The molecule has 8 N–H and O–H groups in total. The Morgan fingerprint density at radius 2 is 1.22 bits per heavy atom. The maximum Gasteiger partial charge on any atom is 0.488 e. The monoisotopic (exact) mass is 584 g/mol. The van der Waals surface area contributed by atoms with E-state index in [0.717, 1.165) is 69.9 Å². The highest BCUT2D eigenvalue weighted by molar-refractivity contribution is 6.58. The molecular formula is C28H47BF2N4O6. The molecule has 0 radical (unpaired) electrons. The standard InChI is InChI=1S/C28H47BF2N4O6/c30-22-19-21(29(40)41)20-23(31)26(22)27(37)34-18-13-10-8-6-4-2-1-3-5-7-9-11-16-25(36)33-17-14-12-15-24(35-32)28(38)39/h19-20,24,35,40-41H,1-18,32H2,(H,33,36)(H,34,37)(H,38,39). The number of benzene rings is 1. The lowest BCUT2D eigenvalue weighted by Gasteiger charge is -2.10. The van der Waals surface area contributed by atoms with Gasteiger partial charge in [-0.25, -0.2) is 14.2 Å². The van der Waals surface area contributed by atoms with Crippen molar-refractivity contribution in [3.8, 4) is 0 Å². The molecule has 0 spiro atoms. The van der Waals surface area contributed by atoms with Crippen LogP contribution in [0.15, 0.2) is 12.1 Å². The van der Waals surface area contributed by atoms with Gasteiger partial charge in [0.05, 0.1) is 0 Å². The molecule has 2 amide bonds. The summed E-state index contributed by atoms with van der Waals surface area (Å²) in [5.74, 6) is 1.13. The zero-order chi connectivity index (χ0) is 30.5. The molecule has 232 valence electrons. The van der Waals surface area contributed by atoms with E-state index in [1.54, 1.807) is 0 Å². The molecule has 1 aromatic carbocycles. The Bertz CT molecular complexity index is 903. The lowest BCUT2D eigenvalue weighted by molar-refractivity contribution is -0.139. The normalized spacial score (nSPS) is 11.7. The molecule has 0 saturated heterocycles. The number of nitrogens with one attached hydrogen (secondary N) is 3. The summed E-state index contributed by atoms with van der Waals surface area (Å²) in [6, 6.07) is 0.720. The second-order valence-corrected chi connectivity index (χ2v) is 10.4. The van der Waals surface area contributed by atoms with Crippen LogP contribution < -0.4 is 27.4 Å². The average Bonchev–Trinajstić information content (AvgIpc) is 2.92. The largest absolute Gasteiger partial charge is 0.488 e. The number of hydrogen-bond donors (Lipinski definition) is 7. The third kappa shape index (κ3) is 16.4. The van der Waals surface area contributed by atoms with Crippen LogP contribution in [0.1, 0.15) is 113 Å². The summed E-state index contributed by atoms with van der Waals surface area (Å²) in [6.07, 6.45) is 14.9. The van der Waals surface area contributed by atoms with Crippen molar-refractivity contribution in [2.75, 3.05) is 13.1 Å². The molecule has 0 aliphatic heterocycles. The van der Waals surface area contributed by atoms with Crippen LogP contribution in [-0.2, 0) is 9.59 Å². The van der Waals surface area contributed by atoms with Crippen LogP contribution in [0.2, 0.25) is 0 Å². The third-order valence-corrected chi connectivity index (χ3v) is 6.95. The molecule has 0 fully saturated rings. The number of carboxylic acids is 1. The van der Waals surface area contributed by atoms with Crippen molar-refractivity contribution in [2.45, 2.75) is 109 Å². The summed E-state index contributed by atoms with van der Waals surface area (Å²) in [5, 5.41) is 32.3. The quantitative estimate of drug-likeness (QED) is 0.0420. The lowest BCUT2D eigenvalue weighted by Crippen LogP contribution is -2.41. The summed E-state index contributed by atoms with van der Waals surface area (Å²) >= 11 is 0. The van der Waals surface area contributed by atoms with Gasteiger partial charge >= 0.3 is 13.1 Å². The number of aliphatic carboxylic acids is 1. The summed E-state index contributed by atoms with van der Waals surface area (Å²) in [5.41, 5.74) is 1.18. The molecule has 1 atom stereocenters. The smallest absolute Gasteiger partial charge is 0.480 e. The fraction of sp³-hybridized carbons (Fsp3) is 0.679. The number of unbranched alkanes of at least 4 members (excludes halogenated alkanes) is 12. The predicted molar refractivity (Wildman–Crippen MR) is 154 cm³/mol. The van der Waals surface area contributed by atoms with E-state index in [4.69, 9.17) is 21.0 Å². The average molecular weight is 585 g/mol. The van der Waals surface area contributed by atoms with Crippen molar-refractivity contribution >= 4 is 30.4 Å². The molecule has 41 heavy (non-hydrogen) atoms. The first-order valence-corrected chi connectivity index (χ1v) is 14.8. The van der Waals surface area contributed by atoms with Crippen LogP contribution in [0, 0.1) is 11.6 Å². The van der Waals surface area contributed by atoms with Crippen LogP contribution >= 0.6 is 0 Å². The molecule has 0 heterocycles. The van der Waals surface area contributed by atoms with Crippen LogP contribution in [0.25, 0.3) is 0 Å². The first kappa shape index (κ1) is 36.4. The Labute approximate surface area is 242 Å². The number of hydrazine groups is 1. The highest BCUT2D eigenvalue weighted by atomic mass is 19.1. The van der Waals surface area contributed by atoms with Gasteiger partial charge in [-0.15, -0.1) is 0 Å². The minimum absolute atomic E-state index is 0.0389. The van der Waals surface area contributed by atoms with E-state index in [1.807, 2.05) is 0 Å². The minimum Gasteiger partial charge on any atom is -0.480 e.